The second-order valence-electron chi connectivity index (χ2n) is 29.0. The zero-order valence-electron chi connectivity index (χ0n) is 62.2. The molecule has 0 heterocycles. The van der Waals surface area contributed by atoms with Gasteiger partial charge >= 0.3 is 0 Å². The molecular weight excluding hydrogens is 1320 g/mol. The first-order valence-electron chi connectivity index (χ1n) is 39.1. The minimum absolute atomic E-state index is 0.365. The van der Waals surface area contributed by atoms with Gasteiger partial charge < -0.3 is 19.3 Å². The molecule has 0 aromatic heterocycles. The van der Waals surface area contributed by atoms with Crippen LogP contribution in [0.3, 0.4) is 0 Å². The lowest BCUT2D eigenvalue weighted by Gasteiger charge is -2.34. The summed E-state index contributed by atoms with van der Waals surface area (Å²) in [6.45, 7) is 9.23. The summed E-state index contributed by atoms with van der Waals surface area (Å²) in [5.74, 6) is 1.82. The topological polar surface area (TPSA) is 24.9 Å². The normalized spacial score (nSPS) is 12.8. The van der Waals surface area contributed by atoms with Crippen LogP contribution in [0.25, 0.3) is 78.2 Å². The van der Waals surface area contributed by atoms with E-state index in [0.717, 1.165) is 134 Å². The minimum atomic E-state index is -0.365. The molecule has 0 fully saturated rings. The smallest absolute Gasteiger partial charge is 0.119 e. The van der Waals surface area contributed by atoms with E-state index in [1.807, 2.05) is 36.4 Å². The Morgan fingerprint density at radius 2 is 0.706 bits per heavy atom. The van der Waals surface area contributed by atoms with Gasteiger partial charge in [0.1, 0.15) is 11.5 Å². The Labute approximate surface area is 644 Å². The van der Waals surface area contributed by atoms with Crippen molar-refractivity contribution in [2.24, 2.45) is 0 Å². The highest BCUT2D eigenvalue weighted by molar-refractivity contribution is 6.10. The highest BCUT2D eigenvalue weighted by atomic mass is 16.5. The van der Waals surface area contributed by atoms with Crippen LogP contribution in [-0.2, 0) is 18.3 Å². The van der Waals surface area contributed by atoms with E-state index >= 15 is 0 Å². The molecular formula is C105H92N2O2. The van der Waals surface area contributed by atoms with Crippen LogP contribution < -0.4 is 19.3 Å². The molecule has 0 spiro atoms. The summed E-state index contributed by atoms with van der Waals surface area (Å²) in [5, 5.41) is 4.77. The number of rotatable bonds is 31. The molecule has 0 aliphatic heterocycles. The van der Waals surface area contributed by atoms with Crippen LogP contribution in [0.5, 0.6) is 11.5 Å². The van der Waals surface area contributed by atoms with Crippen molar-refractivity contribution in [3.63, 3.8) is 0 Å². The Kier molecular flexibility index (Phi) is 21.8. The number of ether oxygens (including phenoxy) is 2. The summed E-state index contributed by atoms with van der Waals surface area (Å²) in [6.07, 6.45) is 16.3. The molecule has 4 nitrogen and oxygen atoms in total. The third-order valence-electron chi connectivity index (χ3n) is 22.1. The average molecular weight is 1410 g/mol. The van der Waals surface area contributed by atoms with E-state index in [4.69, 9.17) is 9.47 Å². The molecule has 16 rings (SSSR count). The van der Waals surface area contributed by atoms with E-state index in [0.29, 0.717) is 13.2 Å². The maximum Gasteiger partial charge on any atom is 0.119 e. The number of hydrogen-bond acceptors (Lipinski definition) is 4. The first-order valence-corrected chi connectivity index (χ1v) is 39.1. The summed E-state index contributed by atoms with van der Waals surface area (Å²) in [4.78, 5) is 4.96. The van der Waals surface area contributed by atoms with E-state index in [-0.39, 0.29) is 5.41 Å². The molecule has 1 aliphatic carbocycles. The van der Waals surface area contributed by atoms with Gasteiger partial charge in [-0.15, -0.1) is 0 Å². The fourth-order valence-corrected chi connectivity index (χ4v) is 16.5. The number of fused-ring (bicyclic) bond motifs is 6. The van der Waals surface area contributed by atoms with Crippen LogP contribution in [0.15, 0.2) is 365 Å². The van der Waals surface area contributed by atoms with Crippen molar-refractivity contribution < 1.29 is 9.47 Å². The summed E-state index contributed by atoms with van der Waals surface area (Å²) in [7, 11) is 0. The van der Waals surface area contributed by atoms with Crippen molar-refractivity contribution in [2.45, 2.75) is 82.5 Å². The monoisotopic (exact) mass is 1410 g/mol. The highest BCUT2D eigenvalue weighted by Gasteiger charge is 2.44. The van der Waals surface area contributed by atoms with E-state index in [2.05, 4.69) is 351 Å². The van der Waals surface area contributed by atoms with Gasteiger partial charge in [0.15, 0.2) is 0 Å². The standard InChI is InChI=1S/C105H92N2O2/c1-3-77-43-61-95(62-44-77)108-70-28-8-5-6-16-36-85-73-91(57-65-98(85)97-40-24-23-37-84(97)72-79-30-14-10-15-31-79)106(89-53-49-82(50-54-89)80-32-17-11-18-33-80)92-58-66-99-86(74-92)47-48-87-75-93(59-67-100(87)99)107(90-55-51-83(52-56-90)81-34-19-12-20-35-81)94-60-68-102-101-41-25-26-42-103(101)105(104(102)76-94,88-38-21-13-22-39-88)69-27-7-9-29-71-109-96-63-45-78(4-2)46-64-96/h3-4,10-15,17-26,30-35,37-68,73-76H,1-2,5-9,16,27-29,36,69-72H2. The number of benzene rings is 15. The highest BCUT2D eigenvalue weighted by Crippen LogP contribution is 2.57. The predicted octanol–water partition coefficient (Wildman–Crippen LogP) is 28.7. The molecule has 1 unspecified atom stereocenters. The van der Waals surface area contributed by atoms with Gasteiger partial charge in [-0.25, -0.2) is 0 Å². The third-order valence-corrected chi connectivity index (χ3v) is 22.1. The molecule has 0 bridgehead atoms. The SMILES string of the molecule is C=Cc1ccc(OCCCCCCCc2cc(N(c3ccc(-c4ccccc4)cc3)c3ccc4c(ccc5cc(N(c6ccc(-c7ccccc7)cc6)c6ccc7c(c6)C(CCCCCCOc6ccc(C=C)cc6)(c6ccccc6)c6ccccc6-7)ccc54)c3)ccc2-c2ccccc2Cc2ccccc2)cc1. The van der Waals surface area contributed by atoms with Gasteiger partial charge in [0.2, 0.25) is 0 Å². The quantitative estimate of drug-likeness (QED) is 0.0319. The Bertz CT molecular complexity index is 5580. The zero-order valence-corrected chi connectivity index (χ0v) is 62.2. The maximum absolute atomic E-state index is 6.21. The predicted molar refractivity (Wildman–Crippen MR) is 462 cm³/mol. The van der Waals surface area contributed by atoms with E-state index in [1.54, 1.807) is 0 Å². The Balaban J connectivity index is 0.741. The molecule has 1 atom stereocenters. The zero-order chi connectivity index (χ0) is 73.6. The van der Waals surface area contributed by atoms with Crippen LogP contribution in [0, 0.1) is 0 Å². The van der Waals surface area contributed by atoms with Crippen molar-refractivity contribution in [3.05, 3.63) is 410 Å². The van der Waals surface area contributed by atoms with Crippen LogP contribution in [0.4, 0.5) is 34.1 Å². The molecule has 534 valence electrons. The minimum Gasteiger partial charge on any atom is -0.494 e. The second-order valence-corrected chi connectivity index (χ2v) is 29.0. The van der Waals surface area contributed by atoms with Crippen molar-refractivity contribution >= 4 is 67.8 Å². The lowest BCUT2D eigenvalue weighted by Crippen LogP contribution is -2.27. The molecule has 0 saturated carbocycles. The summed E-state index contributed by atoms with van der Waals surface area (Å²) < 4.78 is 12.4. The molecule has 0 amide bonds. The number of anilines is 6. The molecule has 15 aromatic rings. The number of aryl methyl sites for hydroxylation is 1. The molecule has 0 radical (unpaired) electrons. The van der Waals surface area contributed by atoms with Crippen LogP contribution in [0.2, 0.25) is 0 Å². The fraction of sp³-hybridized carbons (Fsp3) is 0.143. The van der Waals surface area contributed by atoms with Crippen LogP contribution in [0.1, 0.15) is 109 Å². The molecule has 0 N–H and O–H groups in total. The van der Waals surface area contributed by atoms with Crippen LogP contribution in [-0.4, -0.2) is 13.2 Å². The fourth-order valence-electron chi connectivity index (χ4n) is 16.5. The van der Waals surface area contributed by atoms with Crippen molar-refractivity contribution in [2.75, 3.05) is 23.0 Å². The van der Waals surface area contributed by atoms with E-state index in [9.17, 15) is 0 Å². The lowest BCUT2D eigenvalue weighted by atomic mass is 9.69. The van der Waals surface area contributed by atoms with Crippen LogP contribution >= 0.6 is 0 Å². The van der Waals surface area contributed by atoms with Gasteiger partial charge in [-0.05, 0) is 246 Å². The Morgan fingerprint density at radius 1 is 0.294 bits per heavy atom. The lowest BCUT2D eigenvalue weighted by molar-refractivity contribution is 0.303. The molecule has 0 saturated heterocycles. The van der Waals surface area contributed by atoms with Crippen molar-refractivity contribution in [1.82, 2.24) is 0 Å². The summed E-state index contributed by atoms with van der Waals surface area (Å²) >= 11 is 0. The largest absolute Gasteiger partial charge is 0.494 e. The molecule has 109 heavy (non-hydrogen) atoms. The van der Waals surface area contributed by atoms with E-state index in [1.165, 1.54) is 99.4 Å². The van der Waals surface area contributed by atoms with Gasteiger partial charge in [0, 0.05) is 39.5 Å². The third kappa shape index (κ3) is 15.7. The van der Waals surface area contributed by atoms with Gasteiger partial charge in [0.25, 0.3) is 0 Å². The first kappa shape index (κ1) is 70.8. The number of unbranched alkanes of at least 4 members (excludes halogenated alkanes) is 7. The average Bonchev–Trinajstić information content (AvgIpc) is 1.58. The van der Waals surface area contributed by atoms with Gasteiger partial charge in [-0.1, -0.05) is 319 Å². The molecule has 4 heteroatoms. The maximum atomic E-state index is 6.21. The number of hydrogen-bond donors (Lipinski definition) is 0. The second kappa shape index (κ2) is 33.5. The Hall–Kier alpha value is -12.5. The van der Waals surface area contributed by atoms with Crippen molar-refractivity contribution in [3.8, 4) is 56.0 Å². The number of nitrogens with zero attached hydrogens (tertiary/aromatic N) is 2. The van der Waals surface area contributed by atoms with Gasteiger partial charge in [0.05, 0.1) is 13.2 Å². The summed E-state index contributed by atoms with van der Waals surface area (Å²) in [5.41, 5.74) is 26.5. The van der Waals surface area contributed by atoms with E-state index < -0.39 is 0 Å². The molecule has 1 aliphatic rings. The van der Waals surface area contributed by atoms with Gasteiger partial charge in [-0.3, -0.25) is 0 Å². The van der Waals surface area contributed by atoms with Gasteiger partial charge in [-0.2, -0.15) is 0 Å². The Morgan fingerprint density at radius 3 is 1.27 bits per heavy atom. The first-order chi connectivity index (χ1) is 53.9. The molecule has 15 aromatic carbocycles. The van der Waals surface area contributed by atoms with Crippen molar-refractivity contribution in [1.29, 1.82) is 0 Å². The summed E-state index contributed by atoms with van der Waals surface area (Å²) in [6, 6.07) is 130.